The van der Waals surface area contributed by atoms with E-state index in [1.807, 2.05) is 6.92 Å². The molecule has 0 bridgehead atoms. The number of hydrogen-bond acceptors (Lipinski definition) is 21. The van der Waals surface area contributed by atoms with Gasteiger partial charge in [0.1, 0.15) is 97.7 Å². The van der Waals surface area contributed by atoms with Crippen LogP contribution in [-0.4, -0.2) is 226 Å². The fraction of sp³-hybridized carbons (Fsp3) is 1.00. The highest BCUT2D eigenvalue weighted by Gasteiger charge is 2.51. The number of ether oxygens (including phenoxy) is 10. The molecule has 4 aliphatic rings. The van der Waals surface area contributed by atoms with Gasteiger partial charge in [-0.3, -0.25) is 0 Å². The second-order valence-corrected chi connectivity index (χ2v) is 12.8. The first-order valence-corrected chi connectivity index (χ1v) is 16.9. The Kier molecular flexibility index (Phi) is 16.5. The first-order chi connectivity index (χ1) is 24.2. The molecule has 20 atom stereocenters. The zero-order valence-electron chi connectivity index (χ0n) is 28.5. The molecule has 0 aromatic carbocycles. The summed E-state index contributed by atoms with van der Waals surface area (Å²) in [5.74, 6) is 0. The van der Waals surface area contributed by atoms with Gasteiger partial charge in [-0.1, -0.05) is 6.92 Å². The molecule has 21 heteroatoms. The van der Waals surface area contributed by atoms with Gasteiger partial charge in [-0.2, -0.15) is 0 Å². The quantitative estimate of drug-likeness (QED) is 0.0698. The fourth-order valence-electron chi connectivity index (χ4n) is 6.21. The molecule has 4 fully saturated rings. The molecule has 0 spiro atoms. The first kappa shape index (κ1) is 42.9. The van der Waals surface area contributed by atoms with Crippen LogP contribution >= 0.6 is 0 Å². The number of aliphatic hydroxyl groups excluding tert-OH is 11. The van der Waals surface area contributed by atoms with Gasteiger partial charge in [0.15, 0.2) is 25.2 Å². The van der Waals surface area contributed by atoms with Crippen molar-refractivity contribution in [2.45, 2.75) is 143 Å². The van der Waals surface area contributed by atoms with E-state index in [-0.39, 0.29) is 19.8 Å². The molecule has 0 aromatic rings. The van der Waals surface area contributed by atoms with Gasteiger partial charge >= 0.3 is 0 Å². The summed E-state index contributed by atoms with van der Waals surface area (Å²) < 4.78 is 55.5. The molecule has 21 nitrogen and oxygen atoms in total. The van der Waals surface area contributed by atoms with Crippen molar-refractivity contribution in [3.63, 3.8) is 0 Å². The van der Waals surface area contributed by atoms with Crippen LogP contribution in [0.2, 0.25) is 0 Å². The Morgan fingerprint density at radius 2 is 0.824 bits per heavy atom. The van der Waals surface area contributed by atoms with E-state index in [9.17, 15) is 56.2 Å². The van der Waals surface area contributed by atoms with Crippen molar-refractivity contribution < 1.29 is 104 Å². The summed E-state index contributed by atoms with van der Waals surface area (Å²) in [6.07, 6.45) is -29.6. The number of methoxy groups -OCH3 is 1. The summed E-state index contributed by atoms with van der Waals surface area (Å²) in [5.41, 5.74) is 0. The Labute approximate surface area is 293 Å². The summed E-state index contributed by atoms with van der Waals surface area (Å²) in [6, 6.07) is 0. The van der Waals surface area contributed by atoms with Crippen LogP contribution in [0, 0.1) is 0 Å². The van der Waals surface area contributed by atoms with Gasteiger partial charge in [-0.15, -0.1) is 0 Å². The number of aliphatic hydroxyl groups is 11. The van der Waals surface area contributed by atoms with E-state index in [4.69, 9.17) is 47.4 Å². The molecular formula is C30H54O21. The summed E-state index contributed by atoms with van der Waals surface area (Å²) in [5, 5.41) is 115. The molecule has 0 aromatic heterocycles. The van der Waals surface area contributed by atoms with Crippen LogP contribution in [0.3, 0.4) is 0 Å². The van der Waals surface area contributed by atoms with E-state index >= 15 is 0 Å². The number of hydrogen-bond donors (Lipinski definition) is 11. The molecule has 4 aliphatic heterocycles. The second-order valence-electron chi connectivity index (χ2n) is 12.8. The van der Waals surface area contributed by atoms with Crippen LogP contribution in [0.15, 0.2) is 0 Å². The van der Waals surface area contributed by atoms with Crippen LogP contribution in [0.1, 0.15) is 20.3 Å². The summed E-state index contributed by atoms with van der Waals surface area (Å²) in [4.78, 5) is 0. The maximum absolute atomic E-state index is 11.0. The Hall–Kier alpha value is -0.840. The van der Waals surface area contributed by atoms with Crippen LogP contribution in [-0.2, 0) is 47.4 Å². The molecule has 51 heavy (non-hydrogen) atoms. The lowest BCUT2D eigenvalue weighted by Crippen LogP contribution is -2.63. The van der Waals surface area contributed by atoms with Crippen molar-refractivity contribution in [2.24, 2.45) is 0 Å². The predicted octanol–water partition coefficient (Wildman–Crippen LogP) is -6.62. The van der Waals surface area contributed by atoms with Crippen LogP contribution in [0.5, 0.6) is 0 Å². The van der Waals surface area contributed by atoms with Gasteiger partial charge in [0.05, 0.1) is 26.4 Å². The predicted molar refractivity (Wildman–Crippen MR) is 162 cm³/mol. The summed E-state index contributed by atoms with van der Waals surface area (Å²) in [7, 11) is 1.35. The third-order valence-electron chi connectivity index (χ3n) is 9.12. The zero-order chi connectivity index (χ0) is 37.6. The van der Waals surface area contributed by atoms with Gasteiger partial charge in [0.25, 0.3) is 0 Å². The average Bonchev–Trinajstić information content (AvgIpc) is 3.11. The van der Waals surface area contributed by atoms with E-state index in [1.54, 1.807) is 6.92 Å². The molecule has 300 valence electrons. The molecule has 4 heterocycles. The second kappa shape index (κ2) is 19.7. The van der Waals surface area contributed by atoms with Crippen molar-refractivity contribution in [3.05, 3.63) is 0 Å². The highest BCUT2D eigenvalue weighted by atomic mass is 16.8. The molecule has 11 N–H and O–H groups in total. The smallest absolute Gasteiger partial charge is 0.186 e. The molecular weight excluding hydrogens is 696 g/mol. The fourth-order valence-corrected chi connectivity index (χ4v) is 6.21. The van der Waals surface area contributed by atoms with E-state index in [0.29, 0.717) is 6.42 Å². The van der Waals surface area contributed by atoms with E-state index in [0.717, 1.165) is 0 Å². The molecule has 4 rings (SSSR count). The highest BCUT2D eigenvalue weighted by molar-refractivity contribution is 4.95. The van der Waals surface area contributed by atoms with Gasteiger partial charge in [0.2, 0.25) is 0 Å². The highest BCUT2D eigenvalue weighted by Crippen LogP contribution is 2.30. The maximum atomic E-state index is 11.0. The van der Waals surface area contributed by atoms with Gasteiger partial charge in [-0.25, -0.2) is 0 Å². The van der Waals surface area contributed by atoms with Gasteiger partial charge in [-0.05, 0) is 13.3 Å². The van der Waals surface area contributed by atoms with Crippen LogP contribution in [0.4, 0.5) is 0 Å². The lowest BCUT2D eigenvalue weighted by Gasteiger charge is -2.45. The van der Waals surface area contributed by atoms with Gasteiger partial charge in [0, 0.05) is 20.3 Å². The molecule has 0 amide bonds. The lowest BCUT2D eigenvalue weighted by atomic mass is 9.97. The molecule has 0 saturated carbocycles. The Morgan fingerprint density at radius 1 is 0.412 bits per heavy atom. The average molecular weight is 751 g/mol. The minimum atomic E-state index is -1.82. The van der Waals surface area contributed by atoms with Crippen molar-refractivity contribution in [2.75, 3.05) is 46.8 Å². The molecule has 0 aliphatic carbocycles. The van der Waals surface area contributed by atoms with E-state index < -0.39 is 143 Å². The van der Waals surface area contributed by atoms with E-state index in [2.05, 4.69) is 0 Å². The third kappa shape index (κ3) is 10.1. The van der Waals surface area contributed by atoms with Crippen molar-refractivity contribution in [1.82, 2.24) is 0 Å². The standard InChI is InChI=1S/C30H54O21/c1-4-6-44-26-14(10-47-28-22(38)17(33)15(31)11(49-28)7-42-3)51-30(24(40)20(26)36)45-8-12-16(32)18(34)23(39)29(50-12)46-9-13-25(43-5-2)19(35)21(37)27(41)48-13/h11-41H,4-10H2,1-3H3/t11-,12-,13-,14-,15-,16-,17+,18+,19-,20-,21-,22-,23-,24-,25-,26-,27+,28+,29+,30+/m1/s1. The zero-order valence-corrected chi connectivity index (χ0v) is 28.5. The third-order valence-corrected chi connectivity index (χ3v) is 9.12. The molecule has 4 saturated heterocycles. The van der Waals surface area contributed by atoms with Crippen molar-refractivity contribution >= 4 is 0 Å². The lowest BCUT2D eigenvalue weighted by molar-refractivity contribution is -0.349. The molecule has 0 unspecified atom stereocenters. The SMILES string of the molecule is CCCO[C@H]1[C@H](O)[C@@H](O)[C@@H](OC[C@H]2O[C@H](OC[C@H]3O[C@H](O)[C@H](O)[C@@H](O)[C@@H]3OCC)[C@H](O)[C@@H](O)[C@@H]2O)O[C@@H]1CO[C@H]1O[C@H](COC)[C@@H](O)[C@H](O)[C@H]1O. The van der Waals surface area contributed by atoms with Crippen molar-refractivity contribution in [3.8, 4) is 0 Å². The minimum absolute atomic E-state index is 0.109. The van der Waals surface area contributed by atoms with Crippen LogP contribution in [0.25, 0.3) is 0 Å². The summed E-state index contributed by atoms with van der Waals surface area (Å²) >= 11 is 0. The topological polar surface area (TPSA) is 315 Å². The normalized spacial score (nSPS) is 48.1. The number of rotatable bonds is 16. The Morgan fingerprint density at radius 3 is 1.31 bits per heavy atom. The van der Waals surface area contributed by atoms with E-state index in [1.165, 1.54) is 7.11 Å². The largest absolute Gasteiger partial charge is 0.387 e. The van der Waals surface area contributed by atoms with Crippen molar-refractivity contribution in [1.29, 1.82) is 0 Å². The maximum Gasteiger partial charge on any atom is 0.186 e. The first-order valence-electron chi connectivity index (χ1n) is 16.9. The Bertz CT molecular complexity index is 1010. The monoisotopic (exact) mass is 750 g/mol. The summed E-state index contributed by atoms with van der Waals surface area (Å²) in [6.45, 7) is 2.09. The van der Waals surface area contributed by atoms with Crippen LogP contribution < -0.4 is 0 Å². The molecule has 0 radical (unpaired) electrons. The minimum Gasteiger partial charge on any atom is -0.387 e. The van der Waals surface area contributed by atoms with Gasteiger partial charge < -0.3 is 104 Å². The Balaban J connectivity index is 1.39.